The van der Waals surface area contributed by atoms with Gasteiger partial charge in [-0.05, 0) is 54.8 Å². The molecule has 184 valence electrons. The lowest BCUT2D eigenvalue weighted by Gasteiger charge is -2.32. The standard InChI is InChI=1S/C25H26FN9O/c1-16-10-18(2-3-22(16)36-19-5-9-34-23(11-19)28-14-30-34)32-25-24-17(4-8-35(24)31-15-29-25)12-33-7-6-21(27)20(26)13-33/h2-5,8-11,14-15,20-21H,6-7,12-13,27H2,1H3,(H,29,31,32). The van der Waals surface area contributed by atoms with Crippen molar-refractivity contribution in [3.05, 3.63) is 72.6 Å². The molecule has 3 N–H and O–H groups in total. The minimum absolute atomic E-state index is 0.333. The first-order chi connectivity index (χ1) is 17.5. The Morgan fingerprint density at radius 1 is 1.08 bits per heavy atom. The van der Waals surface area contributed by atoms with Gasteiger partial charge in [0.1, 0.15) is 35.8 Å². The van der Waals surface area contributed by atoms with Gasteiger partial charge in [0.15, 0.2) is 11.5 Å². The molecule has 1 aliphatic heterocycles. The van der Waals surface area contributed by atoms with Crippen LogP contribution in [-0.4, -0.2) is 59.4 Å². The number of piperidine rings is 1. The van der Waals surface area contributed by atoms with Crippen LogP contribution in [0.4, 0.5) is 15.9 Å². The van der Waals surface area contributed by atoms with Crippen LogP contribution in [0, 0.1) is 6.92 Å². The number of aromatic nitrogens is 6. The second-order valence-corrected chi connectivity index (χ2v) is 9.08. The SMILES string of the molecule is Cc1cc(Nc2ncnn3ccc(CN4CCC(N)C(F)C4)c23)ccc1Oc1ccn2ncnc2c1. The molecule has 1 fully saturated rings. The number of hydrogen-bond donors (Lipinski definition) is 2. The average molecular weight is 488 g/mol. The van der Waals surface area contributed by atoms with E-state index in [1.54, 1.807) is 9.03 Å². The monoisotopic (exact) mass is 487 g/mol. The topological polar surface area (TPSA) is 111 Å². The number of fused-ring (bicyclic) bond motifs is 2. The molecule has 1 saturated heterocycles. The molecule has 36 heavy (non-hydrogen) atoms. The van der Waals surface area contributed by atoms with Gasteiger partial charge >= 0.3 is 0 Å². The highest BCUT2D eigenvalue weighted by molar-refractivity contribution is 5.76. The molecule has 0 aliphatic carbocycles. The number of nitrogens with one attached hydrogen (secondary N) is 1. The summed E-state index contributed by atoms with van der Waals surface area (Å²) in [4.78, 5) is 10.8. The van der Waals surface area contributed by atoms with E-state index in [-0.39, 0.29) is 6.04 Å². The zero-order valence-electron chi connectivity index (χ0n) is 19.8. The Bertz CT molecular complexity index is 1530. The second kappa shape index (κ2) is 9.17. The summed E-state index contributed by atoms with van der Waals surface area (Å²) in [5.41, 5.74) is 10.3. The first kappa shape index (κ1) is 22.4. The largest absolute Gasteiger partial charge is 0.457 e. The number of aryl methyl sites for hydroxylation is 1. The molecule has 2 unspecified atom stereocenters. The molecule has 0 bridgehead atoms. The van der Waals surface area contributed by atoms with Crippen molar-refractivity contribution in [3.8, 4) is 11.5 Å². The number of halogens is 1. The van der Waals surface area contributed by atoms with Crippen molar-refractivity contribution in [3.63, 3.8) is 0 Å². The molecule has 5 heterocycles. The van der Waals surface area contributed by atoms with Gasteiger partial charge in [-0.25, -0.2) is 23.4 Å². The predicted octanol–water partition coefficient (Wildman–Crippen LogP) is 3.49. The van der Waals surface area contributed by atoms with E-state index in [1.807, 2.05) is 55.7 Å². The van der Waals surface area contributed by atoms with Crippen molar-refractivity contribution in [1.29, 1.82) is 0 Å². The minimum atomic E-state index is -1.01. The van der Waals surface area contributed by atoms with Crippen LogP contribution in [-0.2, 0) is 6.54 Å². The summed E-state index contributed by atoms with van der Waals surface area (Å²) in [5, 5.41) is 11.9. The number of likely N-dealkylation sites (tertiary alicyclic amines) is 1. The summed E-state index contributed by atoms with van der Waals surface area (Å²) in [6.45, 7) is 3.69. The van der Waals surface area contributed by atoms with Gasteiger partial charge in [0.05, 0.1) is 0 Å². The molecular formula is C25H26FN9O. The molecule has 1 aromatic carbocycles. The summed E-state index contributed by atoms with van der Waals surface area (Å²) in [5.74, 6) is 2.11. The van der Waals surface area contributed by atoms with Gasteiger partial charge < -0.3 is 15.8 Å². The van der Waals surface area contributed by atoms with E-state index in [4.69, 9.17) is 10.5 Å². The summed E-state index contributed by atoms with van der Waals surface area (Å²) in [6, 6.07) is 11.2. The molecule has 0 amide bonds. The maximum Gasteiger partial charge on any atom is 0.158 e. The fourth-order valence-electron chi connectivity index (χ4n) is 4.57. The van der Waals surface area contributed by atoms with Crippen molar-refractivity contribution in [2.45, 2.75) is 32.1 Å². The van der Waals surface area contributed by atoms with E-state index in [9.17, 15) is 4.39 Å². The van der Waals surface area contributed by atoms with Gasteiger partial charge in [-0.15, -0.1) is 0 Å². The van der Waals surface area contributed by atoms with Crippen molar-refractivity contribution in [2.24, 2.45) is 5.73 Å². The summed E-state index contributed by atoms with van der Waals surface area (Å²) in [6.07, 6.45) is 6.37. The summed E-state index contributed by atoms with van der Waals surface area (Å²) in [7, 11) is 0. The molecule has 0 radical (unpaired) electrons. The maximum absolute atomic E-state index is 14.2. The minimum Gasteiger partial charge on any atom is -0.457 e. The number of alkyl halides is 1. The lowest BCUT2D eigenvalue weighted by atomic mass is 10.0. The van der Waals surface area contributed by atoms with Crippen LogP contribution in [0.2, 0.25) is 0 Å². The Morgan fingerprint density at radius 2 is 1.92 bits per heavy atom. The van der Waals surface area contributed by atoms with Gasteiger partial charge in [0.2, 0.25) is 0 Å². The highest BCUT2D eigenvalue weighted by Gasteiger charge is 2.27. The second-order valence-electron chi connectivity index (χ2n) is 9.08. The van der Waals surface area contributed by atoms with Crippen molar-refractivity contribution in [1.82, 2.24) is 34.1 Å². The number of ether oxygens (including phenoxy) is 1. The van der Waals surface area contributed by atoms with Crippen molar-refractivity contribution in [2.75, 3.05) is 18.4 Å². The quantitative estimate of drug-likeness (QED) is 0.375. The van der Waals surface area contributed by atoms with Crippen LogP contribution in [0.15, 0.2) is 61.4 Å². The van der Waals surface area contributed by atoms with E-state index in [0.29, 0.717) is 36.7 Å². The van der Waals surface area contributed by atoms with Crippen LogP contribution in [0.25, 0.3) is 11.2 Å². The third kappa shape index (κ3) is 4.34. The molecule has 1 aliphatic rings. The van der Waals surface area contributed by atoms with Crippen molar-refractivity contribution >= 4 is 22.7 Å². The Kier molecular flexibility index (Phi) is 5.70. The Hall–Kier alpha value is -4.09. The first-order valence-electron chi connectivity index (χ1n) is 11.8. The Balaban J connectivity index is 1.22. The van der Waals surface area contributed by atoms with Crippen LogP contribution in [0.3, 0.4) is 0 Å². The van der Waals surface area contributed by atoms with E-state index in [1.165, 1.54) is 12.7 Å². The highest BCUT2D eigenvalue weighted by atomic mass is 19.1. The lowest BCUT2D eigenvalue weighted by molar-refractivity contribution is 0.114. The molecule has 6 rings (SSSR count). The number of anilines is 2. The molecular weight excluding hydrogens is 461 g/mol. The fourth-order valence-corrected chi connectivity index (χ4v) is 4.57. The Morgan fingerprint density at radius 3 is 2.78 bits per heavy atom. The Labute approximate surface area is 206 Å². The van der Waals surface area contributed by atoms with Crippen LogP contribution < -0.4 is 15.8 Å². The normalized spacial score (nSPS) is 18.6. The molecule has 5 aromatic rings. The third-order valence-electron chi connectivity index (χ3n) is 6.52. The first-order valence-corrected chi connectivity index (χ1v) is 11.8. The van der Waals surface area contributed by atoms with Gasteiger partial charge in [-0.3, -0.25) is 4.90 Å². The molecule has 2 atom stereocenters. The number of nitrogens with two attached hydrogens (primary N) is 1. The third-order valence-corrected chi connectivity index (χ3v) is 6.52. The van der Waals surface area contributed by atoms with Crippen molar-refractivity contribution < 1.29 is 9.13 Å². The fraction of sp³-hybridized carbons (Fsp3) is 0.280. The number of pyridine rings is 1. The van der Waals surface area contributed by atoms with Gasteiger partial charge in [0, 0.05) is 49.8 Å². The maximum atomic E-state index is 14.2. The molecule has 0 saturated carbocycles. The highest BCUT2D eigenvalue weighted by Crippen LogP contribution is 2.30. The number of benzene rings is 1. The van der Waals surface area contributed by atoms with E-state index in [0.717, 1.165) is 34.6 Å². The van der Waals surface area contributed by atoms with E-state index in [2.05, 4.69) is 30.4 Å². The molecule has 4 aromatic heterocycles. The van der Waals surface area contributed by atoms with Gasteiger partial charge in [-0.1, -0.05) is 0 Å². The van der Waals surface area contributed by atoms with Gasteiger partial charge in [0.25, 0.3) is 0 Å². The number of nitrogens with zero attached hydrogens (tertiary/aromatic N) is 7. The van der Waals surface area contributed by atoms with Crippen LogP contribution in [0.5, 0.6) is 11.5 Å². The zero-order chi connectivity index (χ0) is 24.6. The number of hydrogen-bond acceptors (Lipinski definition) is 8. The molecule has 0 spiro atoms. The number of rotatable bonds is 6. The summed E-state index contributed by atoms with van der Waals surface area (Å²) < 4.78 is 23.7. The average Bonchev–Trinajstić information content (AvgIpc) is 3.50. The summed E-state index contributed by atoms with van der Waals surface area (Å²) >= 11 is 0. The van der Waals surface area contributed by atoms with Crippen LogP contribution in [0.1, 0.15) is 17.5 Å². The zero-order valence-corrected chi connectivity index (χ0v) is 19.8. The predicted molar refractivity (Wildman–Crippen MR) is 133 cm³/mol. The van der Waals surface area contributed by atoms with Crippen LogP contribution >= 0.6 is 0 Å². The molecule has 10 nitrogen and oxygen atoms in total. The molecule has 11 heteroatoms. The lowest BCUT2D eigenvalue weighted by Crippen LogP contribution is -2.48. The smallest absolute Gasteiger partial charge is 0.158 e. The van der Waals surface area contributed by atoms with Gasteiger partial charge in [-0.2, -0.15) is 10.2 Å². The van der Waals surface area contributed by atoms with E-state index >= 15 is 0 Å². The van der Waals surface area contributed by atoms with E-state index < -0.39 is 6.17 Å².